The number of aromatic amines is 1. The monoisotopic (exact) mass is 403 g/mol. The van der Waals surface area contributed by atoms with Crippen LogP contribution in [-0.4, -0.2) is 48.0 Å². The standard InChI is InChI=1S/C24H25N3O3/c1-30-13-12-27-22(19-14-25-20-9-5-4-6-16(19)20)21(23(28)26-15-10-11-15)17-7-2-3-8-18(17)24(27)29/h2-9,14-15,21-22,25H,10-13H2,1H3,(H,26,28). The third-order valence-corrected chi connectivity index (χ3v) is 6.12. The molecule has 3 aromatic rings. The highest BCUT2D eigenvalue weighted by Crippen LogP contribution is 2.45. The summed E-state index contributed by atoms with van der Waals surface area (Å²) in [6.45, 7) is 0.824. The highest BCUT2D eigenvalue weighted by Gasteiger charge is 2.45. The fraction of sp³-hybridized carbons (Fsp3) is 0.333. The van der Waals surface area contributed by atoms with Crippen LogP contribution in [0.15, 0.2) is 54.7 Å². The zero-order valence-corrected chi connectivity index (χ0v) is 16.9. The summed E-state index contributed by atoms with van der Waals surface area (Å²) in [6, 6.07) is 15.3. The summed E-state index contributed by atoms with van der Waals surface area (Å²) >= 11 is 0. The molecule has 0 spiro atoms. The van der Waals surface area contributed by atoms with E-state index in [4.69, 9.17) is 4.74 Å². The summed E-state index contributed by atoms with van der Waals surface area (Å²) in [6.07, 6.45) is 3.97. The number of H-pyrrole nitrogens is 1. The van der Waals surface area contributed by atoms with Crippen molar-refractivity contribution in [2.24, 2.45) is 0 Å². The molecule has 2 unspecified atom stereocenters. The van der Waals surface area contributed by atoms with Gasteiger partial charge in [-0.25, -0.2) is 0 Å². The molecule has 2 atom stereocenters. The first-order chi connectivity index (χ1) is 14.7. The molecule has 30 heavy (non-hydrogen) atoms. The van der Waals surface area contributed by atoms with Crippen LogP contribution in [0, 0.1) is 0 Å². The van der Waals surface area contributed by atoms with E-state index in [-0.39, 0.29) is 17.9 Å². The Balaban J connectivity index is 1.68. The number of carbonyl (C=O) groups excluding carboxylic acids is 2. The summed E-state index contributed by atoms with van der Waals surface area (Å²) < 4.78 is 5.30. The Morgan fingerprint density at radius 3 is 2.70 bits per heavy atom. The fourth-order valence-corrected chi connectivity index (χ4v) is 4.51. The lowest BCUT2D eigenvalue weighted by Gasteiger charge is -2.41. The Hall–Kier alpha value is -3.12. The Labute approximate surface area is 175 Å². The van der Waals surface area contributed by atoms with E-state index < -0.39 is 12.0 Å². The van der Waals surface area contributed by atoms with Crippen molar-refractivity contribution >= 4 is 22.7 Å². The molecule has 6 nitrogen and oxygen atoms in total. The molecule has 2 aliphatic rings. The van der Waals surface area contributed by atoms with Crippen molar-refractivity contribution in [2.45, 2.75) is 30.8 Å². The van der Waals surface area contributed by atoms with Gasteiger partial charge in [-0.2, -0.15) is 0 Å². The Morgan fingerprint density at radius 2 is 1.90 bits per heavy atom. The lowest BCUT2D eigenvalue weighted by atomic mass is 9.79. The van der Waals surface area contributed by atoms with Gasteiger partial charge in [0.05, 0.1) is 18.6 Å². The molecule has 2 N–H and O–H groups in total. The third-order valence-electron chi connectivity index (χ3n) is 6.12. The van der Waals surface area contributed by atoms with E-state index in [2.05, 4.69) is 10.3 Å². The largest absolute Gasteiger partial charge is 0.383 e. The Kier molecular flexibility index (Phi) is 4.79. The number of hydrogen-bond donors (Lipinski definition) is 2. The SMILES string of the molecule is COCCN1C(=O)c2ccccc2C(C(=O)NC2CC2)C1c1c[nH]c2ccccc12. The van der Waals surface area contributed by atoms with Gasteiger partial charge < -0.3 is 19.9 Å². The van der Waals surface area contributed by atoms with Crippen molar-refractivity contribution in [3.63, 3.8) is 0 Å². The Morgan fingerprint density at radius 1 is 1.13 bits per heavy atom. The lowest BCUT2D eigenvalue weighted by molar-refractivity contribution is -0.124. The number of aromatic nitrogens is 1. The van der Waals surface area contributed by atoms with Crippen LogP contribution >= 0.6 is 0 Å². The van der Waals surface area contributed by atoms with Crippen LogP contribution in [-0.2, 0) is 9.53 Å². The second-order valence-corrected chi connectivity index (χ2v) is 8.07. The predicted molar refractivity (Wildman–Crippen MR) is 114 cm³/mol. The summed E-state index contributed by atoms with van der Waals surface area (Å²) in [5.74, 6) is -0.556. The molecule has 1 aromatic heterocycles. The molecule has 1 aliphatic carbocycles. The Bertz CT molecular complexity index is 1100. The van der Waals surface area contributed by atoms with Gasteiger partial charge in [0.2, 0.25) is 5.91 Å². The number of para-hydroxylation sites is 1. The molecular weight excluding hydrogens is 378 g/mol. The number of carbonyl (C=O) groups is 2. The molecule has 1 saturated carbocycles. The summed E-state index contributed by atoms with van der Waals surface area (Å²) in [5.41, 5.74) is 3.34. The second kappa shape index (κ2) is 7.61. The lowest BCUT2D eigenvalue weighted by Crippen LogP contribution is -2.48. The average Bonchev–Trinajstić information content (AvgIpc) is 3.48. The van der Waals surface area contributed by atoms with Gasteiger partial charge in [0, 0.05) is 47.9 Å². The second-order valence-electron chi connectivity index (χ2n) is 8.07. The first-order valence-electron chi connectivity index (χ1n) is 10.4. The van der Waals surface area contributed by atoms with Crippen LogP contribution in [0.4, 0.5) is 0 Å². The van der Waals surface area contributed by atoms with Gasteiger partial charge in [0.15, 0.2) is 0 Å². The van der Waals surface area contributed by atoms with Gasteiger partial charge in [-0.3, -0.25) is 9.59 Å². The quantitative estimate of drug-likeness (QED) is 0.663. The highest BCUT2D eigenvalue weighted by molar-refractivity contribution is 6.02. The van der Waals surface area contributed by atoms with E-state index in [0.29, 0.717) is 18.7 Å². The minimum absolute atomic E-state index is 0.0184. The van der Waals surface area contributed by atoms with Crippen molar-refractivity contribution in [2.75, 3.05) is 20.3 Å². The first-order valence-corrected chi connectivity index (χ1v) is 10.4. The van der Waals surface area contributed by atoms with Crippen molar-refractivity contribution in [1.29, 1.82) is 0 Å². The van der Waals surface area contributed by atoms with Crippen LogP contribution in [0.25, 0.3) is 10.9 Å². The molecule has 2 heterocycles. The van der Waals surface area contributed by atoms with E-state index in [1.165, 1.54) is 0 Å². The number of methoxy groups -OCH3 is 1. The van der Waals surface area contributed by atoms with Gasteiger partial charge in [-0.05, 0) is 30.5 Å². The number of fused-ring (bicyclic) bond motifs is 2. The molecule has 0 saturated heterocycles. The van der Waals surface area contributed by atoms with E-state index >= 15 is 0 Å². The highest BCUT2D eigenvalue weighted by atomic mass is 16.5. The van der Waals surface area contributed by atoms with Crippen LogP contribution in [0.3, 0.4) is 0 Å². The summed E-state index contributed by atoms with van der Waals surface area (Å²) in [7, 11) is 1.63. The zero-order chi connectivity index (χ0) is 20.7. The van der Waals surface area contributed by atoms with Gasteiger partial charge in [-0.1, -0.05) is 36.4 Å². The summed E-state index contributed by atoms with van der Waals surface area (Å²) in [4.78, 5) is 32.1. The molecule has 154 valence electrons. The maximum Gasteiger partial charge on any atom is 0.254 e. The van der Waals surface area contributed by atoms with Crippen LogP contribution < -0.4 is 5.32 Å². The van der Waals surface area contributed by atoms with Crippen LogP contribution in [0.2, 0.25) is 0 Å². The molecule has 1 fully saturated rings. The van der Waals surface area contributed by atoms with Gasteiger partial charge in [-0.15, -0.1) is 0 Å². The van der Waals surface area contributed by atoms with Crippen LogP contribution in [0.1, 0.15) is 46.3 Å². The van der Waals surface area contributed by atoms with E-state index in [0.717, 1.165) is 34.9 Å². The number of benzene rings is 2. The number of hydrogen-bond acceptors (Lipinski definition) is 3. The minimum Gasteiger partial charge on any atom is -0.383 e. The third kappa shape index (κ3) is 3.17. The molecule has 2 aromatic carbocycles. The predicted octanol–water partition coefficient (Wildman–Crippen LogP) is 3.37. The number of nitrogens with one attached hydrogen (secondary N) is 2. The average molecular weight is 403 g/mol. The molecular formula is C24H25N3O3. The van der Waals surface area contributed by atoms with E-state index in [1.807, 2.05) is 54.7 Å². The smallest absolute Gasteiger partial charge is 0.254 e. The topological polar surface area (TPSA) is 74.4 Å². The number of nitrogens with zero attached hydrogens (tertiary/aromatic N) is 1. The molecule has 5 rings (SSSR count). The van der Waals surface area contributed by atoms with Crippen molar-refractivity contribution < 1.29 is 14.3 Å². The number of amides is 2. The van der Waals surface area contributed by atoms with E-state index in [9.17, 15) is 9.59 Å². The van der Waals surface area contributed by atoms with Gasteiger partial charge in [0.25, 0.3) is 5.91 Å². The first kappa shape index (κ1) is 18.9. The molecule has 2 amide bonds. The van der Waals surface area contributed by atoms with Crippen molar-refractivity contribution in [3.05, 3.63) is 71.4 Å². The molecule has 0 radical (unpaired) electrons. The van der Waals surface area contributed by atoms with Gasteiger partial charge >= 0.3 is 0 Å². The number of ether oxygens (including phenoxy) is 1. The van der Waals surface area contributed by atoms with Crippen molar-refractivity contribution in [1.82, 2.24) is 15.2 Å². The normalized spacial score (nSPS) is 21.0. The maximum atomic E-state index is 13.5. The zero-order valence-electron chi connectivity index (χ0n) is 16.9. The van der Waals surface area contributed by atoms with Crippen molar-refractivity contribution in [3.8, 4) is 0 Å². The van der Waals surface area contributed by atoms with E-state index in [1.54, 1.807) is 12.0 Å². The molecule has 1 aliphatic heterocycles. The minimum atomic E-state index is -0.476. The fourth-order valence-electron chi connectivity index (χ4n) is 4.51. The summed E-state index contributed by atoms with van der Waals surface area (Å²) in [5, 5.41) is 4.21. The molecule has 0 bridgehead atoms. The molecule has 6 heteroatoms. The van der Waals surface area contributed by atoms with Crippen LogP contribution in [0.5, 0.6) is 0 Å². The maximum absolute atomic E-state index is 13.5. The number of rotatable bonds is 6. The van der Waals surface area contributed by atoms with Gasteiger partial charge in [0.1, 0.15) is 0 Å².